The number of hydrogen-bond acceptors (Lipinski definition) is 0. The Morgan fingerprint density at radius 3 is 0.308 bits per heavy atom. The molecule has 0 saturated carbocycles. The van der Waals surface area contributed by atoms with Gasteiger partial charge in [0, 0.05) is 73.7 Å². The minimum atomic E-state index is 0. The third kappa shape index (κ3) is 385. The number of hydrogen-bond donors (Lipinski definition) is 0. The van der Waals surface area contributed by atoms with Gasteiger partial charge in [-0.05, 0) is 0 Å². The molecule has 0 aliphatic carbocycles. The fourth-order valence-electron chi connectivity index (χ4n) is 1.77. The van der Waals surface area contributed by atoms with Gasteiger partial charge in [0.05, 0.1) is 0 Å². The zero-order valence-corrected chi connectivity index (χ0v) is 35.3. The van der Waals surface area contributed by atoms with E-state index in [-0.39, 0.29) is 73.7 Å². The Morgan fingerprint density at radius 2 is 0.308 bits per heavy atom. The van der Waals surface area contributed by atoms with Gasteiger partial charge in [0.2, 0.25) is 0 Å². The van der Waals surface area contributed by atoms with Crippen molar-refractivity contribution in [1.82, 2.24) is 0 Å². The second-order valence-electron chi connectivity index (χ2n) is 9.34. The van der Waals surface area contributed by atoms with Gasteiger partial charge in [0.15, 0.2) is 0 Å². The van der Waals surface area contributed by atoms with Crippen molar-refractivity contribution in [2.75, 3.05) is 0 Å². The van der Waals surface area contributed by atoms with E-state index in [4.69, 9.17) is 0 Å². The SMILES string of the molecule is CCC.CCC.CCCCC.CCCCC.CCCCC.CCCCC.CCCCC.C[CH-]C.C[CH-]C.[Tm].[Tm]. The Kier molecular flexibility index (Phi) is 257. The molecule has 0 rings (SSSR count). The Balaban J connectivity index is -0.0000000252. The van der Waals surface area contributed by atoms with Crippen molar-refractivity contribution < 1.29 is 73.7 Å². The molecule has 2 heteroatoms. The predicted molar refractivity (Wildman–Crippen MR) is 189 cm³/mol. The summed E-state index contributed by atoms with van der Waals surface area (Å²) in [6.07, 6.45) is 26.9. The molecule has 0 aliphatic heterocycles. The first-order valence-corrected chi connectivity index (χ1v) is 17.2. The minimum Gasteiger partial charge on any atom is -0.335 e. The van der Waals surface area contributed by atoms with Crippen LogP contribution in [-0.2, 0) is 0 Å². The quantitative estimate of drug-likeness (QED) is 0.192. The zero-order chi connectivity index (χ0) is 31.4. The van der Waals surface area contributed by atoms with Gasteiger partial charge in [-0.15, -0.1) is 0 Å². The zero-order valence-electron chi connectivity index (χ0n) is 31.7. The van der Waals surface area contributed by atoms with Gasteiger partial charge >= 0.3 is 0 Å². The Hall–Kier alpha value is 2.47. The average Bonchev–Trinajstić information content (AvgIpc) is 2.85. The van der Waals surface area contributed by atoms with Gasteiger partial charge in [0.1, 0.15) is 0 Å². The first-order chi connectivity index (χ1) is 17.7. The smallest absolute Gasteiger partial charge is 0 e. The Morgan fingerprint density at radius 1 is 0.256 bits per heavy atom. The van der Waals surface area contributed by atoms with Gasteiger partial charge in [-0.1, -0.05) is 206 Å². The molecule has 0 heterocycles. The normalized spacial score (nSPS) is 7.23. The van der Waals surface area contributed by atoms with Crippen LogP contribution >= 0.6 is 0 Å². The van der Waals surface area contributed by atoms with Crippen molar-refractivity contribution in [3.05, 3.63) is 12.8 Å². The van der Waals surface area contributed by atoms with Crippen LogP contribution in [0.2, 0.25) is 0 Å². The first kappa shape index (κ1) is 73.2. The molecule has 0 fully saturated rings. The van der Waals surface area contributed by atoms with E-state index in [1.165, 1.54) is 109 Å². The summed E-state index contributed by atoms with van der Waals surface area (Å²) in [5.74, 6) is 0. The van der Waals surface area contributed by atoms with Gasteiger partial charge in [0.25, 0.3) is 0 Å². The molecular formula is C37H90Tm2-2. The van der Waals surface area contributed by atoms with E-state index in [2.05, 4.69) is 96.9 Å². The standard InChI is InChI=1S/5C5H12.2C3H8.2C3H7.2Tm/c5*1-3-5-4-2;4*1-3-2;;/h5*3-5H2,1-2H3;2*3H2,1-2H3;2*3H,1-2H3;;/q;;;;;;;2*-1;;. The van der Waals surface area contributed by atoms with Crippen LogP contribution in [0.1, 0.15) is 234 Å². The van der Waals surface area contributed by atoms with E-state index >= 15 is 0 Å². The third-order valence-electron chi connectivity index (χ3n) is 3.54. The molecule has 0 aromatic rings. The molecular weight excluding hydrogens is 782 g/mol. The summed E-state index contributed by atoms with van der Waals surface area (Å²) in [6.45, 7) is 38.6. The molecule has 0 atom stereocenters. The second-order valence-corrected chi connectivity index (χ2v) is 9.34. The van der Waals surface area contributed by atoms with Gasteiger partial charge in [-0.2, -0.15) is 27.7 Å². The number of rotatable bonds is 10. The molecule has 0 aromatic heterocycles. The minimum absolute atomic E-state index is 0. The van der Waals surface area contributed by atoms with Gasteiger partial charge < -0.3 is 12.8 Å². The molecule has 0 aromatic carbocycles. The van der Waals surface area contributed by atoms with E-state index in [0.29, 0.717) is 0 Å². The maximum atomic E-state index is 2.21. The molecule has 0 unspecified atom stereocenters. The van der Waals surface area contributed by atoms with Crippen LogP contribution < -0.4 is 0 Å². The maximum absolute atomic E-state index is 2.21. The van der Waals surface area contributed by atoms with Crippen LogP contribution in [0.3, 0.4) is 0 Å². The summed E-state index contributed by atoms with van der Waals surface area (Å²) < 4.78 is 0. The largest absolute Gasteiger partial charge is 0.335 e. The molecule has 2 radical (unpaired) electrons. The van der Waals surface area contributed by atoms with Gasteiger partial charge in [-0.25, -0.2) is 0 Å². The molecule has 0 bridgehead atoms. The summed E-state index contributed by atoms with van der Waals surface area (Å²) in [7, 11) is 0. The summed E-state index contributed by atoms with van der Waals surface area (Å²) in [4.78, 5) is 0. The van der Waals surface area contributed by atoms with Crippen molar-refractivity contribution in [3.63, 3.8) is 0 Å². The van der Waals surface area contributed by atoms with Crippen LogP contribution in [-0.4, -0.2) is 0 Å². The van der Waals surface area contributed by atoms with E-state index < -0.39 is 0 Å². The molecule has 266 valence electrons. The Bertz CT molecular complexity index is 120. The fraction of sp³-hybridized carbons (Fsp3) is 0.946. The van der Waals surface area contributed by atoms with E-state index in [1.54, 1.807) is 0 Å². The van der Waals surface area contributed by atoms with Crippen LogP contribution in [0.5, 0.6) is 0 Å². The fourth-order valence-corrected chi connectivity index (χ4v) is 1.77. The molecule has 0 saturated heterocycles. The van der Waals surface area contributed by atoms with Crippen molar-refractivity contribution in [3.8, 4) is 0 Å². The molecule has 0 N–H and O–H groups in total. The summed E-state index contributed by atoms with van der Waals surface area (Å²) >= 11 is 0. The van der Waals surface area contributed by atoms with Crippen molar-refractivity contribution in [2.45, 2.75) is 234 Å². The predicted octanol–water partition coefficient (Wildman–Crippen LogP) is 16.3. The van der Waals surface area contributed by atoms with Crippen molar-refractivity contribution >= 4 is 0 Å². The topological polar surface area (TPSA) is 0 Å². The van der Waals surface area contributed by atoms with Gasteiger partial charge in [-0.3, -0.25) is 0 Å². The summed E-state index contributed by atoms with van der Waals surface area (Å²) in [5.41, 5.74) is 0. The molecule has 39 heavy (non-hydrogen) atoms. The second kappa shape index (κ2) is 137. The monoisotopic (exact) mass is 873 g/mol. The van der Waals surface area contributed by atoms with Crippen LogP contribution in [0.15, 0.2) is 0 Å². The molecule has 0 spiro atoms. The Labute approximate surface area is 317 Å². The third-order valence-corrected chi connectivity index (χ3v) is 3.54. The molecule has 0 nitrogen and oxygen atoms in total. The van der Waals surface area contributed by atoms with Crippen LogP contribution in [0, 0.1) is 86.6 Å². The summed E-state index contributed by atoms with van der Waals surface area (Å²) in [5, 5.41) is 0. The van der Waals surface area contributed by atoms with E-state index in [1.807, 2.05) is 40.5 Å². The van der Waals surface area contributed by atoms with Crippen LogP contribution in [0.4, 0.5) is 0 Å². The summed E-state index contributed by atoms with van der Waals surface area (Å²) in [6, 6.07) is 0. The molecule has 0 amide bonds. The average molecular weight is 873 g/mol. The molecule has 0 aliphatic rings. The van der Waals surface area contributed by atoms with Crippen molar-refractivity contribution in [2.24, 2.45) is 0 Å². The van der Waals surface area contributed by atoms with Crippen LogP contribution in [0.25, 0.3) is 0 Å². The first-order valence-electron chi connectivity index (χ1n) is 17.2. The van der Waals surface area contributed by atoms with E-state index in [9.17, 15) is 0 Å². The maximum Gasteiger partial charge on any atom is 0 e. The van der Waals surface area contributed by atoms with Crippen molar-refractivity contribution in [1.29, 1.82) is 0 Å². The van der Waals surface area contributed by atoms with E-state index in [0.717, 1.165) is 0 Å². The number of unbranched alkanes of at least 4 members (excludes halogenated alkanes) is 10.